The molecule has 0 bridgehead atoms. The zero-order valence-electron chi connectivity index (χ0n) is 27.1. The van der Waals surface area contributed by atoms with E-state index in [9.17, 15) is 65.8 Å². The third-order valence-corrected chi connectivity index (χ3v) is 8.94. The molecule has 4 aliphatic rings. The molecule has 13 N–H and O–H groups in total. The Hall–Kier alpha value is -1.78. The number of nitrogens with one attached hydrogen (secondary N) is 2. The molecule has 4 saturated heterocycles. The van der Waals surface area contributed by atoms with E-state index in [4.69, 9.17) is 33.2 Å². The van der Waals surface area contributed by atoms with Crippen LogP contribution in [0.4, 0.5) is 0 Å². The molecule has 22 nitrogen and oxygen atoms in total. The molecule has 0 aliphatic carbocycles. The second kappa shape index (κ2) is 17.8. The fourth-order valence-corrected chi connectivity index (χ4v) is 6.29. The van der Waals surface area contributed by atoms with Crippen molar-refractivity contribution in [2.24, 2.45) is 0 Å². The van der Waals surface area contributed by atoms with Crippen LogP contribution in [-0.4, -0.2) is 217 Å². The van der Waals surface area contributed by atoms with E-state index >= 15 is 0 Å². The normalized spacial score (nSPS) is 47.0. The van der Waals surface area contributed by atoms with E-state index in [1.54, 1.807) is 0 Å². The number of rotatable bonds is 12. The van der Waals surface area contributed by atoms with Gasteiger partial charge in [0.15, 0.2) is 18.9 Å². The molecule has 2 amide bonds. The minimum Gasteiger partial charge on any atom is -0.394 e. The predicted molar refractivity (Wildman–Crippen MR) is 156 cm³/mol. The molecule has 290 valence electrons. The van der Waals surface area contributed by atoms with Crippen LogP contribution >= 0.6 is 0 Å². The monoisotopic (exact) mass is 732 g/mol. The van der Waals surface area contributed by atoms with Gasteiger partial charge in [-0.15, -0.1) is 0 Å². The highest BCUT2D eigenvalue weighted by molar-refractivity contribution is 5.73. The number of aliphatic hydroxyl groups excluding tert-OH is 11. The van der Waals surface area contributed by atoms with Crippen LogP contribution in [0.3, 0.4) is 0 Å². The third kappa shape index (κ3) is 8.87. The lowest BCUT2D eigenvalue weighted by Gasteiger charge is -2.49. The summed E-state index contributed by atoms with van der Waals surface area (Å²) in [6.07, 6.45) is -28.5. The maximum Gasteiger partial charge on any atom is 0.217 e. The van der Waals surface area contributed by atoms with Crippen molar-refractivity contribution in [2.75, 3.05) is 33.0 Å². The van der Waals surface area contributed by atoms with E-state index in [0.717, 1.165) is 6.92 Å². The van der Waals surface area contributed by atoms with Gasteiger partial charge in [0.25, 0.3) is 0 Å². The van der Waals surface area contributed by atoms with Crippen molar-refractivity contribution in [2.45, 2.75) is 130 Å². The summed E-state index contributed by atoms with van der Waals surface area (Å²) in [7, 11) is 0. The molecule has 0 aromatic heterocycles. The van der Waals surface area contributed by atoms with Gasteiger partial charge in [0.2, 0.25) is 11.8 Å². The topological polar surface area (TPSA) is 345 Å². The number of hydrogen-bond donors (Lipinski definition) is 13. The maximum atomic E-state index is 12.2. The molecule has 0 aromatic rings. The summed E-state index contributed by atoms with van der Waals surface area (Å²) >= 11 is 0. The quantitative estimate of drug-likeness (QED) is 0.0885. The van der Waals surface area contributed by atoms with Gasteiger partial charge < -0.3 is 100.0 Å². The van der Waals surface area contributed by atoms with Gasteiger partial charge in [-0.1, -0.05) is 0 Å². The zero-order valence-corrected chi connectivity index (χ0v) is 27.1. The van der Waals surface area contributed by atoms with E-state index < -0.39 is 155 Å². The number of hydrogen-bond acceptors (Lipinski definition) is 20. The molecular formula is C28H48N2O20. The average Bonchev–Trinajstić information content (AvgIpc) is 3.08. The SMILES string of the molecule is CC(=O)N[C@H]1[C@H](O[C@H]2[C@H](O)[C@@H](NC(C)=O)CO[C@@H]2CO)O[C@H](CO)[C@@H](O[C@@H]2O[C@H](CO)[C@@H](O)[C@H](O[C@@H]3O[C@H](CO)[C@@H](O)[C@H](O)[C@@H]3O)[C@@H]2O)[C@@H]1O. The van der Waals surface area contributed by atoms with E-state index in [1.165, 1.54) is 6.92 Å². The second-order valence-corrected chi connectivity index (χ2v) is 12.5. The lowest BCUT2D eigenvalue weighted by atomic mass is 9.94. The minimum absolute atomic E-state index is 0.182. The summed E-state index contributed by atoms with van der Waals surface area (Å²) in [5.41, 5.74) is 0. The summed E-state index contributed by atoms with van der Waals surface area (Å²) in [5, 5.41) is 120. The fraction of sp³-hybridized carbons (Fsp3) is 0.929. The Morgan fingerprint density at radius 1 is 0.540 bits per heavy atom. The first-order valence-electron chi connectivity index (χ1n) is 16.0. The molecule has 0 radical (unpaired) electrons. The summed E-state index contributed by atoms with van der Waals surface area (Å²) < 4.78 is 39.5. The predicted octanol–water partition coefficient (Wildman–Crippen LogP) is -8.78. The number of ether oxygens (including phenoxy) is 7. The number of carbonyl (C=O) groups excluding carboxylic acids is 2. The summed E-state index contributed by atoms with van der Waals surface area (Å²) in [5.74, 6) is -1.20. The standard InChI is InChI=1S/C28H48N2O20/c1-8(35)29-10-7-44-13(5-33)23(16(10)37)48-26-15(30-9(2)36)19(40)24(14(6-34)47-26)49-28-22(43)25(18(39)12(4-32)46-28)50-27-21(42)20(41)17(38)11(3-31)45-27/h10-28,31-34,37-43H,3-7H2,1-2H3,(H,29,35)(H,30,36)/t10-,11+,12+,13+,14+,15+,16+,17+,18+,19+,20-,21-,22-,23+,24+,25-,26-,27-,28-/m0/s1. The molecule has 4 aliphatic heterocycles. The molecule has 0 aromatic carbocycles. The molecule has 0 unspecified atom stereocenters. The van der Waals surface area contributed by atoms with E-state index in [1.807, 2.05) is 0 Å². The van der Waals surface area contributed by atoms with Crippen LogP contribution in [0.5, 0.6) is 0 Å². The Labute approximate surface area is 285 Å². The smallest absolute Gasteiger partial charge is 0.217 e. The number of carbonyl (C=O) groups is 2. The minimum atomic E-state index is -2.01. The summed E-state index contributed by atoms with van der Waals surface area (Å²) in [6.45, 7) is -1.08. The van der Waals surface area contributed by atoms with Gasteiger partial charge in [0, 0.05) is 13.8 Å². The molecule has 22 heteroatoms. The lowest BCUT2D eigenvalue weighted by molar-refractivity contribution is -0.378. The van der Waals surface area contributed by atoms with Crippen molar-refractivity contribution in [3.05, 3.63) is 0 Å². The molecular weight excluding hydrogens is 684 g/mol. The Bertz CT molecular complexity index is 1110. The highest BCUT2D eigenvalue weighted by Crippen LogP contribution is 2.34. The molecule has 4 rings (SSSR count). The van der Waals surface area contributed by atoms with E-state index in [2.05, 4.69) is 10.6 Å². The summed E-state index contributed by atoms with van der Waals surface area (Å²) in [6, 6.07) is -2.50. The second-order valence-electron chi connectivity index (χ2n) is 12.5. The van der Waals surface area contributed by atoms with Crippen LogP contribution in [0, 0.1) is 0 Å². The van der Waals surface area contributed by atoms with Crippen molar-refractivity contribution in [3.8, 4) is 0 Å². The highest BCUT2D eigenvalue weighted by Gasteiger charge is 2.55. The van der Waals surface area contributed by atoms with Crippen molar-refractivity contribution < 1.29 is 98.9 Å². The van der Waals surface area contributed by atoms with E-state index in [0.29, 0.717) is 0 Å². The Kier molecular flexibility index (Phi) is 14.6. The van der Waals surface area contributed by atoms with Gasteiger partial charge >= 0.3 is 0 Å². The number of aliphatic hydroxyl groups is 11. The van der Waals surface area contributed by atoms with Crippen LogP contribution < -0.4 is 10.6 Å². The summed E-state index contributed by atoms with van der Waals surface area (Å²) in [4.78, 5) is 23.9. The first-order valence-corrected chi connectivity index (χ1v) is 16.0. The molecule has 4 heterocycles. The van der Waals surface area contributed by atoms with Crippen LogP contribution in [0.25, 0.3) is 0 Å². The molecule has 4 fully saturated rings. The maximum absolute atomic E-state index is 12.2. The first kappa shape index (κ1) is 41.0. The molecule has 19 atom stereocenters. The van der Waals surface area contributed by atoms with Gasteiger partial charge in [-0.25, -0.2) is 0 Å². The zero-order chi connectivity index (χ0) is 37.0. The fourth-order valence-electron chi connectivity index (χ4n) is 6.29. The van der Waals surface area contributed by atoms with Gasteiger partial charge in [-0.05, 0) is 0 Å². The largest absolute Gasteiger partial charge is 0.394 e. The van der Waals surface area contributed by atoms with Crippen LogP contribution in [-0.2, 0) is 42.7 Å². The van der Waals surface area contributed by atoms with Crippen molar-refractivity contribution in [3.63, 3.8) is 0 Å². The van der Waals surface area contributed by atoms with Crippen molar-refractivity contribution in [1.82, 2.24) is 10.6 Å². The van der Waals surface area contributed by atoms with Gasteiger partial charge in [-0.2, -0.15) is 0 Å². The van der Waals surface area contributed by atoms with Crippen LogP contribution in [0.1, 0.15) is 13.8 Å². The van der Waals surface area contributed by atoms with Crippen molar-refractivity contribution >= 4 is 11.8 Å². The van der Waals surface area contributed by atoms with Crippen LogP contribution in [0.2, 0.25) is 0 Å². The van der Waals surface area contributed by atoms with Crippen molar-refractivity contribution in [1.29, 1.82) is 0 Å². The first-order chi connectivity index (χ1) is 23.7. The van der Waals surface area contributed by atoms with Crippen LogP contribution in [0.15, 0.2) is 0 Å². The molecule has 0 saturated carbocycles. The average molecular weight is 733 g/mol. The van der Waals surface area contributed by atoms with Gasteiger partial charge in [0.1, 0.15) is 91.5 Å². The lowest BCUT2D eigenvalue weighted by Crippen LogP contribution is -2.69. The van der Waals surface area contributed by atoms with E-state index in [-0.39, 0.29) is 6.61 Å². The third-order valence-electron chi connectivity index (χ3n) is 8.94. The van der Waals surface area contributed by atoms with Gasteiger partial charge in [0.05, 0.1) is 39.1 Å². The Morgan fingerprint density at radius 2 is 1.02 bits per heavy atom. The van der Waals surface area contributed by atoms with Gasteiger partial charge in [-0.3, -0.25) is 9.59 Å². The number of amides is 2. The Balaban J connectivity index is 1.55. The molecule has 0 spiro atoms. The highest BCUT2D eigenvalue weighted by atomic mass is 16.8. The Morgan fingerprint density at radius 3 is 1.58 bits per heavy atom. The molecule has 50 heavy (non-hydrogen) atoms.